The van der Waals surface area contributed by atoms with Gasteiger partial charge in [-0.1, -0.05) is 0 Å². The number of hydrogen-bond donors (Lipinski definition) is 2. The zero-order chi connectivity index (χ0) is 13.5. The molecule has 0 aromatic carbocycles. The molecule has 0 unspecified atom stereocenters. The fraction of sp³-hybridized carbons (Fsp3) is 0.385. The van der Waals surface area contributed by atoms with Crippen LogP contribution in [0.3, 0.4) is 0 Å². The zero-order valence-corrected chi connectivity index (χ0v) is 11.3. The highest BCUT2D eigenvalue weighted by Gasteiger charge is 2.12. The van der Waals surface area contributed by atoms with E-state index in [1.807, 2.05) is 6.07 Å². The van der Waals surface area contributed by atoms with E-state index in [0.29, 0.717) is 23.0 Å². The number of nitrogens with one attached hydrogen (secondary N) is 1. The number of aliphatic hydroxyl groups is 1. The van der Waals surface area contributed by atoms with Crippen molar-refractivity contribution in [2.75, 3.05) is 13.2 Å². The predicted molar refractivity (Wildman–Crippen MR) is 73.1 cm³/mol. The molecular formula is C13H16N2O3S. The Bertz CT molecular complexity index is 508. The lowest BCUT2D eigenvalue weighted by atomic mass is 10.2. The van der Waals surface area contributed by atoms with Gasteiger partial charge in [0.25, 0.3) is 5.91 Å². The Hall–Kier alpha value is -1.66. The lowest BCUT2D eigenvalue weighted by molar-refractivity contribution is 0.0948. The summed E-state index contributed by atoms with van der Waals surface area (Å²) in [6.45, 7) is 0.805. The van der Waals surface area contributed by atoms with Crippen LogP contribution in [0.1, 0.15) is 29.8 Å². The molecule has 0 radical (unpaired) electrons. The summed E-state index contributed by atoms with van der Waals surface area (Å²) in [6.07, 6.45) is 4.12. The molecule has 19 heavy (non-hydrogen) atoms. The highest BCUT2D eigenvalue weighted by molar-refractivity contribution is 7.13. The topological polar surface area (TPSA) is 75.4 Å². The first-order valence-electron chi connectivity index (χ1n) is 6.19. The van der Waals surface area contributed by atoms with Gasteiger partial charge >= 0.3 is 0 Å². The normalized spacial score (nSPS) is 10.6. The predicted octanol–water partition coefficient (Wildman–Crippen LogP) is 2.30. The second kappa shape index (κ2) is 7.06. The average Bonchev–Trinajstić information content (AvgIpc) is 3.08. The molecule has 2 rings (SSSR count). The number of carbonyl (C=O) groups is 1. The van der Waals surface area contributed by atoms with Gasteiger partial charge < -0.3 is 14.8 Å². The number of amides is 1. The van der Waals surface area contributed by atoms with E-state index in [2.05, 4.69) is 10.3 Å². The minimum Gasteiger partial charge on any atom is -0.462 e. The summed E-state index contributed by atoms with van der Waals surface area (Å²) in [7, 11) is 0. The van der Waals surface area contributed by atoms with Crippen LogP contribution in [0.4, 0.5) is 0 Å². The third-order valence-corrected chi connectivity index (χ3v) is 3.45. The van der Waals surface area contributed by atoms with Gasteiger partial charge in [-0.25, -0.2) is 4.98 Å². The van der Waals surface area contributed by atoms with E-state index in [1.165, 1.54) is 11.3 Å². The van der Waals surface area contributed by atoms with E-state index in [4.69, 9.17) is 9.52 Å². The highest BCUT2D eigenvalue weighted by Crippen LogP contribution is 2.23. The number of hydrogen-bond acceptors (Lipinski definition) is 5. The van der Waals surface area contributed by atoms with Gasteiger partial charge in [0.1, 0.15) is 5.69 Å². The van der Waals surface area contributed by atoms with Gasteiger partial charge in [-0.3, -0.25) is 4.79 Å². The number of rotatable bonds is 7. The summed E-state index contributed by atoms with van der Waals surface area (Å²) in [5, 5.41) is 13.9. The Labute approximate surface area is 115 Å². The highest BCUT2D eigenvalue weighted by atomic mass is 32.1. The van der Waals surface area contributed by atoms with Crippen LogP contribution in [0.5, 0.6) is 0 Å². The molecule has 2 aromatic heterocycles. The van der Waals surface area contributed by atoms with Gasteiger partial charge in [0, 0.05) is 18.5 Å². The molecule has 2 N–H and O–H groups in total. The summed E-state index contributed by atoms with van der Waals surface area (Å²) in [5.74, 6) is 0.505. The van der Waals surface area contributed by atoms with Crippen LogP contribution in [0.15, 0.2) is 28.2 Å². The first-order chi connectivity index (χ1) is 9.31. The number of aliphatic hydroxyl groups excluding tert-OH is 1. The molecule has 2 aromatic rings. The summed E-state index contributed by atoms with van der Waals surface area (Å²) in [6, 6.07) is 3.60. The number of nitrogens with zero attached hydrogens (tertiary/aromatic N) is 1. The van der Waals surface area contributed by atoms with E-state index < -0.39 is 0 Å². The minimum atomic E-state index is -0.168. The largest absolute Gasteiger partial charge is 0.462 e. The Kier molecular flexibility index (Phi) is 5.11. The van der Waals surface area contributed by atoms with Crippen molar-refractivity contribution >= 4 is 17.2 Å². The van der Waals surface area contributed by atoms with Crippen LogP contribution in [0.25, 0.3) is 10.8 Å². The minimum absolute atomic E-state index is 0.168. The second-order valence-corrected chi connectivity index (χ2v) is 4.91. The van der Waals surface area contributed by atoms with Crippen molar-refractivity contribution in [1.82, 2.24) is 10.3 Å². The molecule has 1 amide bonds. The van der Waals surface area contributed by atoms with Crippen LogP contribution >= 0.6 is 11.3 Å². The summed E-state index contributed by atoms with van der Waals surface area (Å²) < 4.78 is 5.23. The molecule has 0 saturated heterocycles. The van der Waals surface area contributed by atoms with Crippen LogP contribution in [0, 0.1) is 0 Å². The molecule has 0 aliphatic carbocycles. The van der Waals surface area contributed by atoms with Gasteiger partial charge in [0.15, 0.2) is 10.8 Å². The number of unbranched alkanes of at least 4 members (excludes halogenated alkanes) is 2. The van der Waals surface area contributed by atoms with Gasteiger partial charge in [-0.05, 0) is 31.4 Å². The molecule has 0 atom stereocenters. The first-order valence-corrected chi connectivity index (χ1v) is 7.07. The fourth-order valence-electron chi connectivity index (χ4n) is 1.60. The molecule has 5 nitrogen and oxygen atoms in total. The summed E-state index contributed by atoms with van der Waals surface area (Å²) in [5.41, 5.74) is 0.415. The standard InChI is InChI=1S/C13H16N2O3S/c16-7-3-1-2-6-14-12(17)10-9-19-13(15-10)11-5-4-8-18-11/h4-5,8-9,16H,1-3,6-7H2,(H,14,17). The molecule has 0 saturated carbocycles. The maximum Gasteiger partial charge on any atom is 0.270 e. The maximum absolute atomic E-state index is 11.8. The third kappa shape index (κ3) is 3.90. The van der Waals surface area contributed by atoms with E-state index in [-0.39, 0.29) is 12.5 Å². The second-order valence-electron chi connectivity index (χ2n) is 4.06. The molecule has 0 spiro atoms. The van der Waals surface area contributed by atoms with Crippen molar-refractivity contribution in [1.29, 1.82) is 0 Å². The Morgan fingerprint density at radius 1 is 1.42 bits per heavy atom. The van der Waals surface area contributed by atoms with Gasteiger partial charge in [-0.15, -0.1) is 11.3 Å². The Balaban J connectivity index is 1.83. The first kappa shape index (κ1) is 13.8. The summed E-state index contributed by atoms with van der Waals surface area (Å²) >= 11 is 1.38. The lowest BCUT2D eigenvalue weighted by Gasteiger charge is -2.02. The number of aromatic nitrogens is 1. The van der Waals surface area contributed by atoms with E-state index in [0.717, 1.165) is 19.3 Å². The van der Waals surface area contributed by atoms with Crippen molar-refractivity contribution in [2.24, 2.45) is 0 Å². The van der Waals surface area contributed by atoms with E-state index >= 15 is 0 Å². The fourth-order valence-corrected chi connectivity index (χ4v) is 2.36. The van der Waals surface area contributed by atoms with Crippen LogP contribution in [-0.4, -0.2) is 29.1 Å². The number of thiazole rings is 1. The molecular weight excluding hydrogens is 264 g/mol. The number of carbonyl (C=O) groups excluding carboxylic acids is 1. The van der Waals surface area contributed by atoms with Gasteiger partial charge in [0.05, 0.1) is 6.26 Å². The SMILES string of the molecule is O=C(NCCCCCO)c1csc(-c2ccco2)n1. The van der Waals surface area contributed by atoms with Crippen molar-refractivity contribution in [2.45, 2.75) is 19.3 Å². The van der Waals surface area contributed by atoms with Gasteiger partial charge in [0.2, 0.25) is 0 Å². The van der Waals surface area contributed by atoms with E-state index in [9.17, 15) is 4.79 Å². The Morgan fingerprint density at radius 3 is 3.05 bits per heavy atom. The monoisotopic (exact) mass is 280 g/mol. The van der Waals surface area contributed by atoms with Crippen molar-refractivity contribution < 1.29 is 14.3 Å². The Morgan fingerprint density at radius 2 is 2.32 bits per heavy atom. The van der Waals surface area contributed by atoms with Crippen LogP contribution in [-0.2, 0) is 0 Å². The smallest absolute Gasteiger partial charge is 0.270 e. The molecule has 0 bridgehead atoms. The summed E-state index contributed by atoms with van der Waals surface area (Å²) in [4.78, 5) is 16.1. The maximum atomic E-state index is 11.8. The zero-order valence-electron chi connectivity index (χ0n) is 10.5. The molecule has 0 aliphatic rings. The van der Waals surface area contributed by atoms with Crippen LogP contribution in [0.2, 0.25) is 0 Å². The quantitative estimate of drug-likeness (QED) is 0.763. The van der Waals surface area contributed by atoms with Crippen LogP contribution < -0.4 is 5.32 Å². The molecule has 2 heterocycles. The average molecular weight is 280 g/mol. The molecule has 0 fully saturated rings. The number of furan rings is 1. The van der Waals surface area contributed by atoms with Crippen molar-refractivity contribution in [3.05, 3.63) is 29.5 Å². The molecule has 6 heteroatoms. The van der Waals surface area contributed by atoms with E-state index in [1.54, 1.807) is 17.7 Å². The van der Waals surface area contributed by atoms with Crippen molar-refractivity contribution in [3.8, 4) is 10.8 Å². The molecule has 102 valence electrons. The van der Waals surface area contributed by atoms with Gasteiger partial charge in [-0.2, -0.15) is 0 Å². The third-order valence-electron chi connectivity index (χ3n) is 2.59. The molecule has 0 aliphatic heterocycles. The van der Waals surface area contributed by atoms with Crippen molar-refractivity contribution in [3.63, 3.8) is 0 Å². The lowest BCUT2D eigenvalue weighted by Crippen LogP contribution is -2.24.